The van der Waals surface area contributed by atoms with Crippen LogP contribution in [0, 0.1) is 0 Å². The lowest BCUT2D eigenvalue weighted by Gasteiger charge is -2.38. The second-order valence-electron chi connectivity index (χ2n) is 13.7. The van der Waals surface area contributed by atoms with E-state index in [0.29, 0.717) is 32.6 Å². The van der Waals surface area contributed by atoms with E-state index >= 15 is 0 Å². The summed E-state index contributed by atoms with van der Waals surface area (Å²) in [4.78, 5) is 40.7. The fourth-order valence-corrected chi connectivity index (χ4v) is 7.92. The van der Waals surface area contributed by atoms with Crippen molar-refractivity contribution >= 4 is 28.8 Å². The minimum absolute atomic E-state index is 0.0505. The third-order valence-electron chi connectivity index (χ3n) is 10.5. The number of hydrogen-bond acceptors (Lipinski definition) is 4. The van der Waals surface area contributed by atoms with E-state index in [4.69, 9.17) is 4.98 Å². The maximum absolute atomic E-state index is 14.1. The molecule has 1 atom stereocenters. The van der Waals surface area contributed by atoms with Gasteiger partial charge in [0.2, 0.25) is 0 Å². The smallest absolute Gasteiger partial charge is 0.322 e. The molecule has 9 nitrogen and oxygen atoms in total. The van der Waals surface area contributed by atoms with Crippen molar-refractivity contribution in [2.45, 2.75) is 70.0 Å². The molecule has 9 heteroatoms. The number of nitrogens with one attached hydrogen (secondary N) is 2. The lowest BCUT2D eigenvalue weighted by molar-refractivity contribution is 0.133. The Morgan fingerprint density at radius 2 is 1.67 bits per heavy atom. The molecule has 1 fully saturated rings. The van der Waals surface area contributed by atoms with Gasteiger partial charge in [0.25, 0.3) is 0 Å². The van der Waals surface area contributed by atoms with E-state index in [9.17, 15) is 9.59 Å². The van der Waals surface area contributed by atoms with E-state index in [1.54, 1.807) is 6.20 Å². The van der Waals surface area contributed by atoms with Gasteiger partial charge in [-0.25, -0.2) is 14.6 Å². The summed E-state index contributed by atoms with van der Waals surface area (Å²) < 4.78 is 2.23. The summed E-state index contributed by atoms with van der Waals surface area (Å²) in [6, 6.07) is 26.7. The molecule has 1 aliphatic carbocycles. The van der Waals surface area contributed by atoms with Gasteiger partial charge in [0, 0.05) is 43.8 Å². The summed E-state index contributed by atoms with van der Waals surface area (Å²) in [5, 5.41) is 6.54. The van der Waals surface area contributed by atoms with E-state index in [1.807, 2.05) is 58.5 Å². The van der Waals surface area contributed by atoms with Gasteiger partial charge in [0.15, 0.2) is 0 Å². The number of carbonyl (C=O) groups excluding carboxylic acids is 2. The minimum Gasteiger partial charge on any atom is -0.328 e. The number of likely N-dealkylation sites (tertiary alicyclic amines) is 1. The molecule has 3 aliphatic rings. The third-order valence-corrected chi connectivity index (χ3v) is 10.5. The summed E-state index contributed by atoms with van der Waals surface area (Å²) in [6.45, 7) is 2.46. The number of aromatic nitrogens is 3. The van der Waals surface area contributed by atoms with Gasteiger partial charge >= 0.3 is 12.1 Å². The molecule has 2 aromatic heterocycles. The van der Waals surface area contributed by atoms with Gasteiger partial charge in [-0.3, -0.25) is 4.98 Å². The van der Waals surface area contributed by atoms with Crippen molar-refractivity contribution in [2.24, 2.45) is 0 Å². The predicted molar refractivity (Wildman–Crippen MR) is 192 cm³/mol. The van der Waals surface area contributed by atoms with Crippen LogP contribution < -0.4 is 10.6 Å². The average molecular weight is 654 g/mol. The normalized spacial score (nSPS) is 17.2. The molecule has 0 radical (unpaired) electrons. The largest absolute Gasteiger partial charge is 0.328 e. The van der Waals surface area contributed by atoms with E-state index in [2.05, 4.69) is 56.6 Å². The molecule has 1 unspecified atom stereocenters. The van der Waals surface area contributed by atoms with Crippen molar-refractivity contribution in [2.75, 3.05) is 25.0 Å². The van der Waals surface area contributed by atoms with Crippen LogP contribution in [0.4, 0.5) is 15.3 Å². The zero-order chi connectivity index (χ0) is 33.2. The highest BCUT2D eigenvalue weighted by molar-refractivity contribution is 5.91. The van der Waals surface area contributed by atoms with E-state index in [1.165, 1.54) is 29.5 Å². The first-order valence-electron chi connectivity index (χ1n) is 17.7. The Hall–Kier alpha value is -5.18. The number of para-hydroxylation sites is 3. The summed E-state index contributed by atoms with van der Waals surface area (Å²) in [7, 11) is 0. The van der Waals surface area contributed by atoms with Gasteiger partial charge in [-0.15, -0.1) is 0 Å². The van der Waals surface area contributed by atoms with Crippen LogP contribution in [-0.2, 0) is 32.2 Å². The number of amides is 4. The molecule has 0 saturated carbocycles. The van der Waals surface area contributed by atoms with Crippen LogP contribution in [-0.4, -0.2) is 62.1 Å². The Kier molecular flexibility index (Phi) is 8.73. The number of anilines is 1. The summed E-state index contributed by atoms with van der Waals surface area (Å²) in [5.41, 5.74) is 9.16. The number of piperidine rings is 1. The van der Waals surface area contributed by atoms with E-state index in [-0.39, 0.29) is 24.1 Å². The standard InChI is InChI=1S/C40H43N7O2/c48-39(45-21-18-33(19-22-45)46-23-17-31-10-3-4-12-34(31)43-40(46)49)44-36(25-28-15-16-30-9-1-2-11-32(30)24-28)38-42-35-13-5-6-14-37(35)47(38)27-29-8-7-20-41-26-29/h3-8,10,12-16,20,24,26,33,36H,1-2,9,11,17-19,21-23,25,27H2,(H,43,49)(H,44,48). The Morgan fingerprint density at radius 3 is 2.53 bits per heavy atom. The van der Waals surface area contributed by atoms with Crippen LogP contribution in [0.15, 0.2) is 91.3 Å². The van der Waals surface area contributed by atoms with Crippen LogP contribution in [0.5, 0.6) is 0 Å². The van der Waals surface area contributed by atoms with Crippen LogP contribution in [0.2, 0.25) is 0 Å². The zero-order valence-corrected chi connectivity index (χ0v) is 27.9. The molecule has 0 spiro atoms. The lowest BCUT2D eigenvalue weighted by Crippen LogP contribution is -2.52. The molecule has 5 aromatic rings. The molecule has 2 N–H and O–H groups in total. The molecule has 4 heterocycles. The molecule has 49 heavy (non-hydrogen) atoms. The van der Waals surface area contributed by atoms with Crippen LogP contribution in [0.3, 0.4) is 0 Å². The van der Waals surface area contributed by atoms with Crippen LogP contribution >= 0.6 is 0 Å². The number of rotatable bonds is 7. The van der Waals surface area contributed by atoms with Crippen molar-refractivity contribution < 1.29 is 9.59 Å². The second-order valence-corrected chi connectivity index (χ2v) is 13.7. The molecule has 8 rings (SSSR count). The summed E-state index contributed by atoms with van der Waals surface area (Å²) in [5.74, 6) is 0.840. The molecule has 3 aromatic carbocycles. The topological polar surface area (TPSA) is 95.4 Å². The Bertz CT molecular complexity index is 1960. The Morgan fingerprint density at radius 1 is 0.857 bits per heavy atom. The van der Waals surface area contributed by atoms with Gasteiger partial charge in [-0.05, 0) is 103 Å². The maximum Gasteiger partial charge on any atom is 0.322 e. The monoisotopic (exact) mass is 653 g/mol. The lowest BCUT2D eigenvalue weighted by atomic mass is 9.89. The zero-order valence-electron chi connectivity index (χ0n) is 27.9. The summed E-state index contributed by atoms with van der Waals surface area (Å²) in [6.07, 6.45) is 11.3. The van der Waals surface area contributed by atoms with Crippen LogP contribution in [0.25, 0.3) is 11.0 Å². The molecule has 4 amide bonds. The third kappa shape index (κ3) is 6.62. The van der Waals surface area contributed by atoms with Crippen molar-refractivity contribution in [1.82, 2.24) is 29.7 Å². The van der Waals surface area contributed by atoms with Crippen molar-refractivity contribution in [1.29, 1.82) is 0 Å². The van der Waals surface area contributed by atoms with Gasteiger partial charge in [-0.2, -0.15) is 0 Å². The quantitative estimate of drug-likeness (QED) is 0.200. The number of hydrogen-bond donors (Lipinski definition) is 2. The first-order chi connectivity index (χ1) is 24.1. The number of nitrogens with zero attached hydrogens (tertiary/aromatic N) is 5. The van der Waals surface area contributed by atoms with Crippen molar-refractivity contribution in [3.63, 3.8) is 0 Å². The van der Waals surface area contributed by atoms with Gasteiger partial charge in [0.1, 0.15) is 5.82 Å². The molecule has 2 aliphatic heterocycles. The highest BCUT2D eigenvalue weighted by Gasteiger charge is 2.33. The fourth-order valence-electron chi connectivity index (χ4n) is 7.92. The van der Waals surface area contributed by atoms with Gasteiger partial charge in [0.05, 0.1) is 23.6 Å². The number of imidazole rings is 1. The number of fused-ring (bicyclic) bond motifs is 3. The molecule has 250 valence electrons. The molecule has 0 bridgehead atoms. The number of carbonyl (C=O) groups is 2. The average Bonchev–Trinajstić information content (AvgIpc) is 3.41. The predicted octanol–water partition coefficient (Wildman–Crippen LogP) is 6.91. The first-order valence-corrected chi connectivity index (χ1v) is 17.7. The van der Waals surface area contributed by atoms with Crippen LogP contribution in [0.1, 0.15) is 65.4 Å². The number of aryl methyl sites for hydroxylation is 2. The minimum atomic E-state index is -0.342. The van der Waals surface area contributed by atoms with Crippen molar-refractivity contribution in [3.8, 4) is 0 Å². The summed E-state index contributed by atoms with van der Waals surface area (Å²) >= 11 is 0. The van der Waals surface area contributed by atoms with E-state index in [0.717, 1.165) is 65.8 Å². The van der Waals surface area contributed by atoms with E-state index < -0.39 is 0 Å². The Labute approximate surface area is 287 Å². The number of urea groups is 2. The maximum atomic E-state index is 14.1. The SMILES string of the molecule is O=C(NC(Cc1ccc2c(c1)CCCC2)c1nc2ccccc2n1Cc1cccnc1)N1CCC(N2CCc3ccccc3NC2=O)CC1. The molecular formula is C40H43N7O2. The van der Waals surface area contributed by atoms with Gasteiger partial charge in [-0.1, -0.05) is 54.6 Å². The van der Waals surface area contributed by atoms with Crippen molar-refractivity contribution in [3.05, 3.63) is 125 Å². The number of pyridine rings is 1. The number of benzene rings is 3. The van der Waals surface area contributed by atoms with Gasteiger partial charge < -0.3 is 25.0 Å². The highest BCUT2D eigenvalue weighted by atomic mass is 16.2. The first kappa shape index (κ1) is 31.1. The molecular weight excluding hydrogens is 610 g/mol. The fraction of sp³-hybridized carbons (Fsp3) is 0.350. The molecule has 1 saturated heterocycles. The second kappa shape index (κ2) is 13.7. The Balaban J connectivity index is 1.04. The highest BCUT2D eigenvalue weighted by Crippen LogP contribution is 2.29.